The Bertz CT molecular complexity index is 586. The highest BCUT2D eigenvalue weighted by Gasteiger charge is 2.24. The van der Waals surface area contributed by atoms with Crippen molar-refractivity contribution in [1.82, 2.24) is 4.98 Å². The number of aromatic nitrogens is 1. The zero-order valence-electron chi connectivity index (χ0n) is 11.2. The molecule has 20 heavy (non-hydrogen) atoms. The first-order valence-corrected chi connectivity index (χ1v) is 6.38. The number of carbonyl (C=O) groups excluding carboxylic acids is 1. The maximum absolute atomic E-state index is 11.0. The van der Waals surface area contributed by atoms with E-state index in [0.29, 0.717) is 18.6 Å². The number of nitro groups is 1. The molecule has 2 rings (SSSR count). The summed E-state index contributed by atoms with van der Waals surface area (Å²) < 4.78 is 5.28. The normalized spacial score (nSPS) is 12.2. The second-order valence-corrected chi connectivity index (χ2v) is 4.72. The monoisotopic (exact) mass is 276 g/mol. The Kier molecular flexibility index (Phi) is 4.34. The van der Waals surface area contributed by atoms with Crippen molar-refractivity contribution in [2.75, 3.05) is 6.54 Å². The van der Waals surface area contributed by atoms with E-state index in [2.05, 4.69) is 4.98 Å². The van der Waals surface area contributed by atoms with Gasteiger partial charge in [0, 0.05) is 22.7 Å². The van der Waals surface area contributed by atoms with Gasteiger partial charge in [0.25, 0.3) is 0 Å². The number of nitrogens with zero attached hydrogens (tertiary/aromatic N) is 1. The molecule has 0 aliphatic carbocycles. The third kappa shape index (κ3) is 3.57. The molecule has 0 aliphatic heterocycles. The molecule has 6 nitrogen and oxygen atoms in total. The van der Waals surface area contributed by atoms with Crippen molar-refractivity contribution in [1.29, 1.82) is 0 Å². The fourth-order valence-electron chi connectivity index (χ4n) is 2.10. The average molecular weight is 276 g/mol. The summed E-state index contributed by atoms with van der Waals surface area (Å²) in [6.45, 7) is 1.31. The van der Waals surface area contributed by atoms with E-state index >= 15 is 0 Å². The van der Waals surface area contributed by atoms with E-state index in [1.54, 1.807) is 19.1 Å². The van der Waals surface area contributed by atoms with Gasteiger partial charge >= 0.3 is 0 Å². The number of rotatable bonds is 7. The van der Waals surface area contributed by atoms with Crippen molar-refractivity contribution < 1.29 is 14.1 Å². The van der Waals surface area contributed by atoms with Crippen molar-refractivity contribution in [2.45, 2.75) is 25.7 Å². The molecular weight excluding hydrogens is 260 g/mol. The third-order valence-corrected chi connectivity index (χ3v) is 3.11. The van der Waals surface area contributed by atoms with Gasteiger partial charge in [-0.15, -0.1) is 0 Å². The molecule has 1 unspecified atom stereocenters. The average Bonchev–Trinajstić information content (AvgIpc) is 3.05. The van der Waals surface area contributed by atoms with Crippen molar-refractivity contribution >= 4 is 5.78 Å². The van der Waals surface area contributed by atoms with Crippen LogP contribution in [0.4, 0.5) is 0 Å². The summed E-state index contributed by atoms with van der Waals surface area (Å²) >= 11 is 0. The van der Waals surface area contributed by atoms with Crippen LogP contribution in [0.1, 0.15) is 36.4 Å². The summed E-state index contributed by atoms with van der Waals surface area (Å²) in [5.41, 5.74) is 1.63. The molecule has 0 fully saturated rings. The minimum absolute atomic E-state index is 0.119. The van der Waals surface area contributed by atoms with Crippen molar-refractivity contribution in [2.24, 2.45) is 0 Å². The van der Waals surface area contributed by atoms with Gasteiger partial charge in [-0.1, -0.05) is 0 Å². The maximum Gasteiger partial charge on any atom is 0.219 e. The van der Waals surface area contributed by atoms with Crippen LogP contribution >= 0.6 is 0 Å². The van der Waals surface area contributed by atoms with Gasteiger partial charge in [-0.05, 0) is 37.6 Å². The minimum Gasteiger partial charge on any atom is -0.468 e. The van der Waals surface area contributed by atoms with Crippen LogP contribution in [0.5, 0.6) is 0 Å². The fourth-order valence-corrected chi connectivity index (χ4v) is 2.10. The summed E-state index contributed by atoms with van der Waals surface area (Å²) in [5.74, 6) is 0.238. The minimum atomic E-state index is -0.439. The van der Waals surface area contributed by atoms with Crippen LogP contribution < -0.4 is 0 Å². The molecule has 0 saturated carbocycles. The molecule has 0 saturated heterocycles. The van der Waals surface area contributed by atoms with Gasteiger partial charge in [0.15, 0.2) is 0 Å². The standard InChI is InChI=1S/C14H16N2O4/c1-10(17)4-5-11-6-7-13(15-11)12(9-16(18)19)14-3-2-8-20-14/h2-3,6-8,12,15H,4-5,9H2,1H3. The van der Waals surface area contributed by atoms with Crippen LogP contribution in [0.2, 0.25) is 0 Å². The molecule has 0 bridgehead atoms. The molecule has 2 heterocycles. The fraction of sp³-hybridized carbons (Fsp3) is 0.357. The van der Waals surface area contributed by atoms with Gasteiger partial charge in [0.05, 0.1) is 6.26 Å². The summed E-state index contributed by atoms with van der Waals surface area (Å²) in [4.78, 5) is 24.6. The van der Waals surface area contributed by atoms with Crippen LogP contribution in [0.3, 0.4) is 0 Å². The number of hydrogen-bond acceptors (Lipinski definition) is 4. The van der Waals surface area contributed by atoms with Gasteiger partial charge in [0.2, 0.25) is 6.54 Å². The van der Waals surface area contributed by atoms with Crippen LogP contribution in [0.25, 0.3) is 0 Å². The summed E-state index contributed by atoms with van der Waals surface area (Å²) in [6.07, 6.45) is 2.57. The van der Waals surface area contributed by atoms with Gasteiger partial charge in [0.1, 0.15) is 17.5 Å². The number of aromatic amines is 1. The van der Waals surface area contributed by atoms with Gasteiger partial charge in [-0.2, -0.15) is 0 Å². The zero-order chi connectivity index (χ0) is 14.5. The molecule has 0 spiro atoms. The van der Waals surface area contributed by atoms with Crippen LogP contribution in [-0.2, 0) is 11.2 Å². The molecule has 2 aromatic heterocycles. The van der Waals surface area contributed by atoms with Crippen LogP contribution in [0, 0.1) is 10.1 Å². The molecule has 1 atom stereocenters. The predicted molar refractivity (Wildman–Crippen MR) is 72.2 cm³/mol. The van der Waals surface area contributed by atoms with Gasteiger partial charge in [-0.3, -0.25) is 10.1 Å². The number of nitrogens with one attached hydrogen (secondary N) is 1. The second kappa shape index (κ2) is 6.18. The van der Waals surface area contributed by atoms with Crippen molar-refractivity contribution in [3.63, 3.8) is 0 Å². The topological polar surface area (TPSA) is 89.1 Å². The summed E-state index contributed by atoms with van der Waals surface area (Å²) in [7, 11) is 0. The molecular formula is C14H16N2O4. The molecule has 2 aromatic rings. The Hall–Kier alpha value is -2.37. The van der Waals surface area contributed by atoms with Gasteiger partial charge in [-0.25, -0.2) is 0 Å². The Morgan fingerprint density at radius 1 is 1.45 bits per heavy atom. The summed E-state index contributed by atoms with van der Waals surface area (Å²) in [6, 6.07) is 7.10. The number of aryl methyl sites for hydroxylation is 1. The Morgan fingerprint density at radius 3 is 2.85 bits per heavy atom. The number of hydrogen-bond donors (Lipinski definition) is 1. The van der Waals surface area contributed by atoms with E-state index < -0.39 is 5.92 Å². The maximum atomic E-state index is 11.0. The van der Waals surface area contributed by atoms with Crippen LogP contribution in [0.15, 0.2) is 34.9 Å². The molecule has 106 valence electrons. The molecule has 6 heteroatoms. The van der Waals surface area contributed by atoms with E-state index in [4.69, 9.17) is 4.42 Å². The highest BCUT2D eigenvalue weighted by molar-refractivity contribution is 5.75. The Morgan fingerprint density at radius 2 is 2.25 bits per heavy atom. The van der Waals surface area contributed by atoms with E-state index in [0.717, 1.165) is 11.4 Å². The predicted octanol–water partition coefficient (Wildman–Crippen LogP) is 2.54. The zero-order valence-corrected chi connectivity index (χ0v) is 11.2. The molecule has 0 aromatic carbocycles. The first-order valence-electron chi connectivity index (χ1n) is 6.38. The van der Waals surface area contributed by atoms with Crippen molar-refractivity contribution in [3.05, 3.63) is 57.8 Å². The summed E-state index contributed by atoms with van der Waals surface area (Å²) in [5, 5.41) is 10.8. The van der Waals surface area contributed by atoms with Crippen LogP contribution in [-0.4, -0.2) is 22.2 Å². The third-order valence-electron chi connectivity index (χ3n) is 3.11. The molecule has 0 amide bonds. The molecule has 1 N–H and O–H groups in total. The lowest BCUT2D eigenvalue weighted by Gasteiger charge is -2.08. The number of Topliss-reactive ketones (excluding diaryl/α,β-unsaturated/α-hetero) is 1. The first kappa shape index (κ1) is 14.0. The number of ketones is 1. The Balaban J connectivity index is 2.17. The number of furan rings is 1. The van der Waals surface area contributed by atoms with E-state index in [9.17, 15) is 14.9 Å². The lowest BCUT2D eigenvalue weighted by molar-refractivity contribution is -0.482. The Labute approximate surface area is 115 Å². The molecule has 0 radical (unpaired) electrons. The second-order valence-electron chi connectivity index (χ2n) is 4.72. The lowest BCUT2D eigenvalue weighted by Crippen LogP contribution is -2.13. The lowest BCUT2D eigenvalue weighted by atomic mass is 10.0. The number of carbonyl (C=O) groups is 1. The highest BCUT2D eigenvalue weighted by Crippen LogP contribution is 2.25. The highest BCUT2D eigenvalue weighted by atomic mass is 16.6. The van der Waals surface area contributed by atoms with Gasteiger partial charge < -0.3 is 14.2 Å². The SMILES string of the molecule is CC(=O)CCc1ccc(C(C[N+](=O)[O-])c2ccco2)[nH]1. The largest absolute Gasteiger partial charge is 0.468 e. The van der Waals surface area contributed by atoms with E-state index in [-0.39, 0.29) is 17.3 Å². The first-order chi connectivity index (χ1) is 9.56. The van der Waals surface area contributed by atoms with Crippen molar-refractivity contribution in [3.8, 4) is 0 Å². The smallest absolute Gasteiger partial charge is 0.219 e. The molecule has 0 aliphatic rings. The quantitative estimate of drug-likeness (QED) is 0.621. The van der Waals surface area contributed by atoms with E-state index in [1.807, 2.05) is 12.1 Å². The van der Waals surface area contributed by atoms with E-state index in [1.165, 1.54) is 6.26 Å². The number of H-pyrrole nitrogens is 1.